The van der Waals surface area contributed by atoms with E-state index in [9.17, 15) is 4.79 Å². The molecule has 1 saturated carbocycles. The van der Waals surface area contributed by atoms with E-state index >= 15 is 0 Å². The van der Waals surface area contributed by atoms with Gasteiger partial charge < -0.3 is 11.1 Å². The molecule has 110 valence electrons. The Bertz CT molecular complexity index is 329. The summed E-state index contributed by atoms with van der Waals surface area (Å²) in [6.45, 7) is 9.44. The molecule has 2 fully saturated rings. The Morgan fingerprint density at radius 2 is 2.11 bits per heavy atom. The molecule has 0 aromatic rings. The smallest absolute Gasteiger partial charge is 0.239 e. The van der Waals surface area contributed by atoms with Gasteiger partial charge in [-0.05, 0) is 51.0 Å². The maximum absolute atomic E-state index is 12.1. The first kappa shape index (κ1) is 14.8. The zero-order chi connectivity index (χ0) is 14.0. The van der Waals surface area contributed by atoms with Gasteiger partial charge in [0.15, 0.2) is 0 Å². The maximum Gasteiger partial charge on any atom is 0.239 e. The van der Waals surface area contributed by atoms with Crippen molar-refractivity contribution in [3.63, 3.8) is 0 Å². The lowest BCUT2D eigenvalue weighted by Gasteiger charge is -2.37. The van der Waals surface area contributed by atoms with Crippen LogP contribution in [0.4, 0.5) is 0 Å². The molecule has 0 spiro atoms. The summed E-state index contributed by atoms with van der Waals surface area (Å²) in [5, 5.41) is 3.49. The van der Waals surface area contributed by atoms with Crippen molar-refractivity contribution in [1.82, 2.24) is 10.2 Å². The van der Waals surface area contributed by atoms with Gasteiger partial charge in [0.25, 0.3) is 0 Å². The van der Waals surface area contributed by atoms with E-state index in [1.807, 2.05) is 0 Å². The number of amides is 1. The Morgan fingerprint density at radius 3 is 2.53 bits per heavy atom. The van der Waals surface area contributed by atoms with E-state index in [4.69, 9.17) is 5.73 Å². The van der Waals surface area contributed by atoms with Gasteiger partial charge in [-0.2, -0.15) is 0 Å². The molecule has 1 aliphatic heterocycles. The van der Waals surface area contributed by atoms with Crippen molar-refractivity contribution in [2.75, 3.05) is 19.6 Å². The van der Waals surface area contributed by atoms with Crippen LogP contribution >= 0.6 is 0 Å². The molecule has 0 radical (unpaired) electrons. The van der Waals surface area contributed by atoms with Crippen molar-refractivity contribution in [3.8, 4) is 0 Å². The maximum atomic E-state index is 12.1. The summed E-state index contributed by atoms with van der Waals surface area (Å²) in [5.74, 6) is 1.01. The van der Waals surface area contributed by atoms with Crippen LogP contribution in [0.3, 0.4) is 0 Å². The molecule has 3 N–H and O–H groups in total. The van der Waals surface area contributed by atoms with E-state index in [1.54, 1.807) is 0 Å². The van der Waals surface area contributed by atoms with Gasteiger partial charge in [0, 0.05) is 19.1 Å². The van der Waals surface area contributed by atoms with Crippen LogP contribution in [-0.2, 0) is 4.79 Å². The van der Waals surface area contributed by atoms with Crippen molar-refractivity contribution in [2.45, 2.75) is 58.0 Å². The molecule has 4 heteroatoms. The second-order valence-electron chi connectivity index (χ2n) is 6.66. The van der Waals surface area contributed by atoms with E-state index in [1.165, 1.54) is 6.42 Å². The number of hydrogen-bond acceptors (Lipinski definition) is 3. The lowest BCUT2D eigenvalue weighted by Crippen LogP contribution is -2.63. The number of likely N-dealkylation sites (tertiary alicyclic amines) is 1. The van der Waals surface area contributed by atoms with E-state index in [-0.39, 0.29) is 5.91 Å². The molecule has 1 heterocycles. The molecule has 4 nitrogen and oxygen atoms in total. The van der Waals surface area contributed by atoms with Gasteiger partial charge in [0.05, 0.1) is 0 Å². The molecule has 1 aliphatic carbocycles. The van der Waals surface area contributed by atoms with Crippen LogP contribution in [0.25, 0.3) is 0 Å². The third kappa shape index (κ3) is 3.11. The Kier molecular flexibility index (Phi) is 4.51. The molecule has 0 aromatic heterocycles. The quantitative estimate of drug-likeness (QED) is 0.732. The highest BCUT2D eigenvalue weighted by Gasteiger charge is 2.51. The first-order valence-electron chi connectivity index (χ1n) is 7.78. The van der Waals surface area contributed by atoms with Gasteiger partial charge in [-0.1, -0.05) is 13.8 Å². The largest absolute Gasteiger partial charge is 0.368 e. The highest BCUT2D eigenvalue weighted by atomic mass is 16.1. The fraction of sp³-hybridized carbons (Fsp3) is 0.933. The summed E-state index contributed by atoms with van der Waals surface area (Å²) in [7, 11) is 0. The van der Waals surface area contributed by atoms with Crippen molar-refractivity contribution < 1.29 is 4.79 Å². The number of nitrogens with two attached hydrogens (primary N) is 1. The van der Waals surface area contributed by atoms with E-state index in [0.29, 0.717) is 12.0 Å². The zero-order valence-electron chi connectivity index (χ0n) is 12.6. The first-order chi connectivity index (χ1) is 8.99. The fourth-order valence-electron chi connectivity index (χ4n) is 3.55. The number of primary amides is 1. The van der Waals surface area contributed by atoms with Gasteiger partial charge in [0.2, 0.25) is 5.91 Å². The standard InChI is InChI=1S/C15H29N3O/c1-4-7-17-15(14(16)19,13-5-6-13)10-18-9-11(2)8-12(18)3/h11-13,17H,4-10H2,1-3H3,(H2,16,19). The molecule has 0 bridgehead atoms. The number of nitrogens with zero attached hydrogens (tertiary/aromatic N) is 1. The number of rotatable bonds is 7. The van der Waals surface area contributed by atoms with Crippen molar-refractivity contribution in [1.29, 1.82) is 0 Å². The lowest BCUT2D eigenvalue weighted by molar-refractivity contribution is -0.126. The molecule has 0 aromatic carbocycles. The number of carbonyl (C=O) groups excluding carboxylic acids is 1. The fourth-order valence-corrected chi connectivity index (χ4v) is 3.55. The Balaban J connectivity index is 2.10. The molecule has 2 aliphatic rings. The second-order valence-corrected chi connectivity index (χ2v) is 6.66. The number of nitrogens with one attached hydrogen (secondary N) is 1. The molecular weight excluding hydrogens is 238 g/mol. The third-order valence-corrected chi connectivity index (χ3v) is 4.77. The summed E-state index contributed by atoms with van der Waals surface area (Å²) in [6, 6.07) is 0.566. The summed E-state index contributed by atoms with van der Waals surface area (Å²) in [4.78, 5) is 14.6. The molecule has 3 atom stereocenters. The van der Waals surface area contributed by atoms with Crippen molar-refractivity contribution in [3.05, 3.63) is 0 Å². The predicted molar refractivity (Wildman–Crippen MR) is 77.8 cm³/mol. The average molecular weight is 267 g/mol. The number of carbonyl (C=O) groups is 1. The second kappa shape index (κ2) is 5.80. The van der Waals surface area contributed by atoms with Crippen LogP contribution < -0.4 is 11.1 Å². The van der Waals surface area contributed by atoms with Gasteiger partial charge in [0.1, 0.15) is 5.54 Å². The first-order valence-corrected chi connectivity index (χ1v) is 7.78. The van der Waals surface area contributed by atoms with Gasteiger partial charge in [-0.15, -0.1) is 0 Å². The Labute approximate surface area is 117 Å². The summed E-state index contributed by atoms with van der Waals surface area (Å²) in [6.07, 6.45) is 4.54. The molecule has 1 amide bonds. The van der Waals surface area contributed by atoms with Gasteiger partial charge in [-0.3, -0.25) is 9.69 Å². The summed E-state index contributed by atoms with van der Waals surface area (Å²) < 4.78 is 0. The Morgan fingerprint density at radius 1 is 1.42 bits per heavy atom. The van der Waals surface area contributed by atoms with Gasteiger partial charge in [-0.25, -0.2) is 0 Å². The minimum atomic E-state index is -0.492. The normalized spacial score (nSPS) is 31.3. The highest BCUT2D eigenvalue weighted by Crippen LogP contribution is 2.41. The zero-order valence-corrected chi connectivity index (χ0v) is 12.6. The van der Waals surface area contributed by atoms with Crippen molar-refractivity contribution >= 4 is 5.91 Å². The SMILES string of the molecule is CCCNC(CN1CC(C)CC1C)(C(N)=O)C1CC1. The van der Waals surface area contributed by atoms with E-state index in [0.717, 1.165) is 44.8 Å². The van der Waals surface area contributed by atoms with Crippen molar-refractivity contribution in [2.24, 2.45) is 17.6 Å². The summed E-state index contributed by atoms with van der Waals surface area (Å²) >= 11 is 0. The predicted octanol–water partition coefficient (Wildman–Crippen LogP) is 1.35. The van der Waals surface area contributed by atoms with Gasteiger partial charge >= 0.3 is 0 Å². The molecule has 2 rings (SSSR count). The van der Waals surface area contributed by atoms with E-state index < -0.39 is 5.54 Å². The molecule has 1 saturated heterocycles. The number of hydrogen-bond donors (Lipinski definition) is 2. The summed E-state index contributed by atoms with van der Waals surface area (Å²) in [5.41, 5.74) is 5.29. The van der Waals surface area contributed by atoms with E-state index in [2.05, 4.69) is 31.0 Å². The monoisotopic (exact) mass is 267 g/mol. The topological polar surface area (TPSA) is 58.4 Å². The minimum Gasteiger partial charge on any atom is -0.368 e. The highest BCUT2D eigenvalue weighted by molar-refractivity contribution is 5.86. The lowest BCUT2D eigenvalue weighted by atomic mass is 9.90. The molecule has 3 unspecified atom stereocenters. The van der Waals surface area contributed by atoms with Crippen LogP contribution in [-0.4, -0.2) is 42.0 Å². The molecule has 19 heavy (non-hydrogen) atoms. The van der Waals surface area contributed by atoms with Crippen LogP contribution in [0.5, 0.6) is 0 Å². The third-order valence-electron chi connectivity index (χ3n) is 4.77. The Hall–Kier alpha value is -0.610. The van der Waals surface area contributed by atoms with Crippen LogP contribution in [0.15, 0.2) is 0 Å². The average Bonchev–Trinajstić information content (AvgIpc) is 3.12. The van der Waals surface area contributed by atoms with Crippen LogP contribution in [0.2, 0.25) is 0 Å². The molecular formula is C15H29N3O. The van der Waals surface area contributed by atoms with Crippen LogP contribution in [0.1, 0.15) is 46.5 Å². The minimum absolute atomic E-state index is 0.157. The van der Waals surface area contributed by atoms with Crippen LogP contribution in [0, 0.1) is 11.8 Å².